The summed E-state index contributed by atoms with van der Waals surface area (Å²) in [6.45, 7) is 6.08. The van der Waals surface area contributed by atoms with Gasteiger partial charge in [-0.25, -0.2) is 0 Å². The van der Waals surface area contributed by atoms with Crippen LogP contribution in [0, 0.1) is 6.92 Å². The molecule has 0 amide bonds. The summed E-state index contributed by atoms with van der Waals surface area (Å²) in [7, 11) is 0. The molecule has 2 nitrogen and oxygen atoms in total. The van der Waals surface area contributed by atoms with E-state index in [0.29, 0.717) is 4.32 Å². The van der Waals surface area contributed by atoms with Crippen LogP contribution >= 0.6 is 24.0 Å². The summed E-state index contributed by atoms with van der Waals surface area (Å²) >= 11 is 6.98. The van der Waals surface area contributed by atoms with Crippen LogP contribution in [0.5, 0.6) is 0 Å². The molecule has 0 heterocycles. The van der Waals surface area contributed by atoms with Gasteiger partial charge in [0.05, 0.1) is 0 Å². The average molecular weight is 373 g/mol. The van der Waals surface area contributed by atoms with Crippen molar-refractivity contribution in [2.24, 2.45) is 5.73 Å². The topological polar surface area (TPSA) is 38.0 Å². The Kier molecular flexibility index (Phi) is 7.94. The molecular formula is C21H28N2S2. The Hall–Kier alpha value is -1.36. The van der Waals surface area contributed by atoms with Crippen molar-refractivity contribution in [3.05, 3.63) is 64.7 Å². The van der Waals surface area contributed by atoms with Crippen molar-refractivity contribution in [3.63, 3.8) is 0 Å². The number of thioether (sulfide) groups is 1. The van der Waals surface area contributed by atoms with Crippen molar-refractivity contribution in [2.75, 3.05) is 0 Å². The van der Waals surface area contributed by atoms with Gasteiger partial charge in [-0.15, -0.1) is 0 Å². The van der Waals surface area contributed by atoms with Gasteiger partial charge in [-0.05, 0) is 61.4 Å². The third-order valence-corrected chi connectivity index (χ3v) is 5.42. The summed E-state index contributed by atoms with van der Waals surface area (Å²) in [6.07, 6.45) is 4.68. The fraction of sp³-hybridized carbons (Fsp3) is 0.381. The Morgan fingerprint density at radius 3 is 2.36 bits per heavy atom. The maximum atomic E-state index is 6.29. The van der Waals surface area contributed by atoms with Crippen LogP contribution in [-0.2, 0) is 12.8 Å². The zero-order chi connectivity index (χ0) is 18.2. The van der Waals surface area contributed by atoms with E-state index < -0.39 is 0 Å². The van der Waals surface area contributed by atoms with Gasteiger partial charge in [-0.1, -0.05) is 73.7 Å². The van der Waals surface area contributed by atoms with E-state index in [9.17, 15) is 0 Å². The number of thiocarbonyl (C=S) groups is 1. The van der Waals surface area contributed by atoms with Gasteiger partial charge < -0.3 is 11.1 Å². The van der Waals surface area contributed by atoms with E-state index in [0.717, 1.165) is 10.5 Å². The number of hydrogen-bond acceptors (Lipinski definition) is 3. The first-order valence-electron chi connectivity index (χ1n) is 9.04. The molecular weight excluding hydrogens is 344 g/mol. The Morgan fingerprint density at radius 1 is 1.04 bits per heavy atom. The molecule has 1 aliphatic carbocycles. The maximum Gasteiger partial charge on any atom is 0.140 e. The van der Waals surface area contributed by atoms with Crippen LogP contribution in [0.15, 0.2) is 47.4 Å². The number of nitrogens with one attached hydrogen (secondary N) is 1. The van der Waals surface area contributed by atoms with E-state index in [1.165, 1.54) is 42.4 Å². The largest absolute Gasteiger partial charge is 0.352 e. The van der Waals surface area contributed by atoms with Crippen molar-refractivity contribution < 1.29 is 0 Å². The van der Waals surface area contributed by atoms with Crippen molar-refractivity contribution in [2.45, 2.75) is 57.5 Å². The molecule has 25 heavy (non-hydrogen) atoms. The lowest BCUT2D eigenvalue weighted by molar-refractivity contribution is 0.667. The van der Waals surface area contributed by atoms with Crippen LogP contribution in [0.25, 0.3) is 0 Å². The first-order chi connectivity index (χ1) is 12.1. The first kappa shape index (κ1) is 20.0. The molecule has 2 aromatic carbocycles. The SMILES string of the molecule is CC.Cc1ccc(SC(=S)NC(N)c2ccc3c(c2)CCCC3)cc1. The van der Waals surface area contributed by atoms with Crippen LogP contribution < -0.4 is 11.1 Å². The fourth-order valence-corrected chi connectivity index (χ4v) is 3.99. The summed E-state index contributed by atoms with van der Waals surface area (Å²) in [5.41, 5.74) is 11.6. The minimum atomic E-state index is -0.257. The first-order valence-corrected chi connectivity index (χ1v) is 10.3. The molecule has 1 atom stereocenters. The van der Waals surface area contributed by atoms with Crippen LogP contribution in [0.2, 0.25) is 0 Å². The van der Waals surface area contributed by atoms with Crippen LogP contribution in [0.3, 0.4) is 0 Å². The normalized spacial score (nSPS) is 13.9. The molecule has 0 aromatic heterocycles. The number of benzene rings is 2. The molecule has 0 fully saturated rings. The lowest BCUT2D eigenvalue weighted by Gasteiger charge is -2.20. The highest BCUT2D eigenvalue weighted by molar-refractivity contribution is 8.23. The Bertz CT molecular complexity index is 696. The van der Waals surface area contributed by atoms with E-state index in [2.05, 4.69) is 54.7 Å². The lowest BCUT2D eigenvalue weighted by atomic mass is 9.90. The zero-order valence-electron chi connectivity index (χ0n) is 15.3. The van der Waals surface area contributed by atoms with Gasteiger partial charge in [0.1, 0.15) is 10.5 Å². The summed E-state index contributed by atoms with van der Waals surface area (Å²) in [5.74, 6) is 0. The summed E-state index contributed by atoms with van der Waals surface area (Å²) < 4.78 is 0.707. The predicted molar refractivity (Wildman–Crippen MR) is 114 cm³/mol. The molecule has 3 N–H and O–H groups in total. The van der Waals surface area contributed by atoms with E-state index in [4.69, 9.17) is 18.0 Å². The number of hydrogen-bond donors (Lipinski definition) is 2. The number of fused-ring (bicyclic) bond motifs is 1. The fourth-order valence-electron chi connectivity index (χ4n) is 2.90. The molecule has 134 valence electrons. The summed E-state index contributed by atoms with van der Waals surface area (Å²) in [4.78, 5) is 1.13. The lowest BCUT2D eigenvalue weighted by Crippen LogP contribution is -2.31. The van der Waals surface area contributed by atoms with E-state index in [1.54, 1.807) is 11.8 Å². The van der Waals surface area contributed by atoms with E-state index in [-0.39, 0.29) is 6.17 Å². The second kappa shape index (κ2) is 9.95. The Labute approximate surface area is 161 Å². The monoisotopic (exact) mass is 372 g/mol. The zero-order valence-corrected chi connectivity index (χ0v) is 17.0. The standard InChI is InChI=1S/C19H22N2S2.C2H6/c1-13-6-10-17(11-7-13)23-19(22)21-18(20)16-9-8-14-4-2-3-5-15(14)12-16;1-2/h6-12,18H,2-5,20H2,1H3,(H,21,22);1-2H3. The van der Waals surface area contributed by atoms with Gasteiger partial charge in [-0.3, -0.25) is 0 Å². The quantitative estimate of drug-likeness (QED) is 0.422. The van der Waals surface area contributed by atoms with Crippen molar-refractivity contribution >= 4 is 28.3 Å². The molecule has 0 spiro atoms. The van der Waals surface area contributed by atoms with E-state index >= 15 is 0 Å². The number of rotatable bonds is 3. The van der Waals surface area contributed by atoms with Gasteiger partial charge in [0.15, 0.2) is 0 Å². The molecule has 3 rings (SSSR count). The average Bonchev–Trinajstić information content (AvgIpc) is 2.65. The third-order valence-electron chi connectivity index (χ3n) is 4.24. The van der Waals surface area contributed by atoms with Crippen LogP contribution in [-0.4, -0.2) is 4.32 Å². The van der Waals surface area contributed by atoms with E-state index in [1.807, 2.05) is 13.8 Å². The molecule has 0 saturated carbocycles. The van der Waals surface area contributed by atoms with Gasteiger partial charge in [0, 0.05) is 4.90 Å². The minimum absolute atomic E-state index is 0.257. The van der Waals surface area contributed by atoms with Gasteiger partial charge in [-0.2, -0.15) is 0 Å². The molecule has 4 heteroatoms. The molecule has 0 bridgehead atoms. The third kappa shape index (κ3) is 5.84. The van der Waals surface area contributed by atoms with Gasteiger partial charge in [0.25, 0.3) is 0 Å². The van der Waals surface area contributed by atoms with Crippen LogP contribution in [0.4, 0.5) is 0 Å². The Morgan fingerprint density at radius 2 is 1.68 bits per heavy atom. The molecule has 0 aliphatic heterocycles. The molecule has 0 saturated heterocycles. The number of nitrogens with two attached hydrogens (primary N) is 1. The van der Waals surface area contributed by atoms with Crippen molar-refractivity contribution in [3.8, 4) is 0 Å². The highest BCUT2D eigenvalue weighted by Crippen LogP contribution is 2.25. The second-order valence-corrected chi connectivity index (χ2v) is 7.81. The predicted octanol–water partition coefficient (Wildman–Crippen LogP) is 5.52. The molecule has 1 aliphatic rings. The minimum Gasteiger partial charge on any atom is -0.352 e. The highest BCUT2D eigenvalue weighted by Gasteiger charge is 2.13. The molecule has 1 unspecified atom stereocenters. The summed E-state index contributed by atoms with van der Waals surface area (Å²) in [6, 6.07) is 14.9. The van der Waals surface area contributed by atoms with Gasteiger partial charge >= 0.3 is 0 Å². The highest BCUT2D eigenvalue weighted by atomic mass is 32.2. The smallest absolute Gasteiger partial charge is 0.140 e. The summed E-state index contributed by atoms with van der Waals surface area (Å²) in [5, 5.41) is 3.24. The van der Waals surface area contributed by atoms with Crippen molar-refractivity contribution in [1.82, 2.24) is 5.32 Å². The Balaban J connectivity index is 0.00000109. The molecule has 0 radical (unpaired) electrons. The van der Waals surface area contributed by atoms with Gasteiger partial charge in [0.2, 0.25) is 0 Å². The maximum absolute atomic E-state index is 6.29. The second-order valence-electron chi connectivity index (χ2n) is 6.06. The van der Waals surface area contributed by atoms with Crippen molar-refractivity contribution in [1.29, 1.82) is 0 Å². The van der Waals surface area contributed by atoms with Crippen LogP contribution in [0.1, 0.15) is 55.1 Å². The number of aryl methyl sites for hydroxylation is 3. The molecule has 2 aromatic rings.